The Morgan fingerprint density at radius 1 is 0.750 bits per heavy atom. The summed E-state index contributed by atoms with van der Waals surface area (Å²) in [5.41, 5.74) is 11.3. The zero-order chi connectivity index (χ0) is 40.4. The summed E-state index contributed by atoms with van der Waals surface area (Å²) >= 11 is 0. The third-order valence-corrected chi connectivity index (χ3v) is 11.6. The van der Waals surface area contributed by atoms with E-state index in [0.717, 1.165) is 60.8 Å². The normalized spacial score (nSPS) is 11.8. The molecule has 0 bridgehead atoms. The Labute approximate surface area is 347 Å². The van der Waals surface area contributed by atoms with Crippen molar-refractivity contribution in [1.82, 2.24) is 15.0 Å². The van der Waals surface area contributed by atoms with Crippen molar-refractivity contribution >= 4 is 41.0 Å². The molecule has 4 aromatic heterocycles. The van der Waals surface area contributed by atoms with E-state index in [1.807, 2.05) is 48.8 Å². The van der Waals surface area contributed by atoms with Gasteiger partial charge in [0.15, 0.2) is 5.69 Å². The van der Waals surface area contributed by atoms with Crippen molar-refractivity contribution < 1.29 is 27.3 Å². The van der Waals surface area contributed by atoms with Crippen molar-refractivity contribution in [2.24, 2.45) is 0 Å². The molecule has 0 amide bonds. The molecule has 8 aromatic rings. The number of hydrogen-bond acceptors (Lipinski definition) is 4. The predicted octanol–water partition coefficient (Wildman–Crippen LogP) is 13.1. The van der Waals surface area contributed by atoms with E-state index in [1.54, 1.807) is 30.3 Å². The molecule has 0 aliphatic rings. The SMILES string of the molecule is [2H]c1cc[c-]c(-c2cc([2H])c([Si](C)(C)C)cn2)c1.[C-]#[N+]c1cccc(-c2cccc3c2oc2c(-c4cc(-c5c(C(C)C)cccc5C(C)C)ccn4)[c-]ccc23)n1.[Ir]. The minimum atomic E-state index is -1.51. The fourth-order valence-corrected chi connectivity index (χ4v) is 7.77. The van der Waals surface area contributed by atoms with Crippen LogP contribution in [-0.2, 0) is 20.1 Å². The van der Waals surface area contributed by atoms with E-state index >= 15 is 0 Å². The first-order chi connectivity index (χ1) is 27.3. The fourth-order valence-electron chi connectivity index (χ4n) is 6.81. The first kappa shape index (κ1) is 37.4. The molecule has 0 saturated carbocycles. The second-order valence-corrected chi connectivity index (χ2v) is 20.3. The first-order valence-corrected chi connectivity index (χ1v) is 22.1. The van der Waals surface area contributed by atoms with Gasteiger partial charge < -0.3 is 19.2 Å². The van der Waals surface area contributed by atoms with E-state index in [2.05, 4.69) is 111 Å². The fraction of sp³-hybridized carbons (Fsp3) is 0.184. The molecular formula is C49H44IrN4OSi-2. The molecule has 5 nitrogen and oxygen atoms in total. The minimum Gasteiger partial charge on any atom is -0.500 e. The van der Waals surface area contributed by atoms with E-state index < -0.39 is 8.07 Å². The van der Waals surface area contributed by atoms with Crippen molar-refractivity contribution in [3.63, 3.8) is 0 Å². The van der Waals surface area contributed by atoms with Gasteiger partial charge in [0.1, 0.15) is 5.58 Å². The molecule has 56 heavy (non-hydrogen) atoms. The summed E-state index contributed by atoms with van der Waals surface area (Å²) < 4.78 is 22.3. The number of pyridine rings is 3. The minimum absolute atomic E-state index is 0. The van der Waals surface area contributed by atoms with Crippen LogP contribution in [0.4, 0.5) is 5.82 Å². The van der Waals surface area contributed by atoms with Gasteiger partial charge >= 0.3 is 0 Å². The zero-order valence-electron chi connectivity index (χ0n) is 34.7. The van der Waals surface area contributed by atoms with Crippen LogP contribution in [0.3, 0.4) is 0 Å². The predicted molar refractivity (Wildman–Crippen MR) is 230 cm³/mol. The summed E-state index contributed by atoms with van der Waals surface area (Å²) in [6.07, 6.45) is 3.70. The van der Waals surface area contributed by atoms with Gasteiger partial charge in [-0.05, 0) is 74.9 Å². The summed E-state index contributed by atoms with van der Waals surface area (Å²) in [5, 5.41) is 3.06. The van der Waals surface area contributed by atoms with Crippen LogP contribution in [-0.4, -0.2) is 23.0 Å². The summed E-state index contributed by atoms with van der Waals surface area (Å²) in [6.45, 7) is 23.0. The van der Waals surface area contributed by atoms with Crippen LogP contribution in [0.25, 0.3) is 71.7 Å². The van der Waals surface area contributed by atoms with Gasteiger partial charge in [0, 0.05) is 39.3 Å². The van der Waals surface area contributed by atoms with E-state index in [-0.39, 0.29) is 20.1 Å². The third kappa shape index (κ3) is 8.34. The maximum absolute atomic E-state index is 8.10. The van der Waals surface area contributed by atoms with E-state index in [4.69, 9.17) is 18.7 Å². The van der Waals surface area contributed by atoms with Crippen molar-refractivity contribution in [3.8, 4) is 44.9 Å². The molecule has 0 atom stereocenters. The zero-order valence-corrected chi connectivity index (χ0v) is 36.0. The molecule has 4 heterocycles. The van der Waals surface area contributed by atoms with Crippen LogP contribution in [0.1, 0.15) is 53.4 Å². The Morgan fingerprint density at radius 2 is 1.48 bits per heavy atom. The van der Waals surface area contributed by atoms with Gasteiger partial charge in [0.05, 0.1) is 20.6 Å². The first-order valence-electron chi connectivity index (χ1n) is 19.6. The number of rotatable bonds is 7. The Balaban J connectivity index is 0.000000251. The Bertz CT molecular complexity index is 2780. The average molecular weight is 927 g/mol. The third-order valence-electron chi connectivity index (χ3n) is 9.69. The number of fused-ring (bicyclic) bond motifs is 3. The second kappa shape index (κ2) is 17.1. The van der Waals surface area contributed by atoms with E-state index in [0.29, 0.717) is 35.4 Å². The van der Waals surface area contributed by atoms with Crippen molar-refractivity contribution in [3.05, 3.63) is 162 Å². The van der Waals surface area contributed by atoms with Gasteiger partial charge in [-0.2, -0.15) is 0 Å². The van der Waals surface area contributed by atoms with Crippen molar-refractivity contribution in [2.75, 3.05) is 0 Å². The molecule has 0 saturated heterocycles. The molecule has 281 valence electrons. The summed E-state index contributed by atoms with van der Waals surface area (Å²) in [5.74, 6) is 1.15. The molecule has 1 radical (unpaired) electrons. The molecule has 4 aromatic carbocycles. The van der Waals surface area contributed by atoms with Gasteiger partial charge in [0.2, 0.25) is 0 Å². The van der Waals surface area contributed by atoms with Gasteiger partial charge in [0.25, 0.3) is 5.82 Å². The molecule has 0 spiro atoms. The number of benzene rings is 4. The van der Waals surface area contributed by atoms with Crippen molar-refractivity contribution in [1.29, 1.82) is 0 Å². The Kier molecular flexibility index (Phi) is 11.4. The van der Waals surface area contributed by atoms with Gasteiger partial charge in [-0.1, -0.05) is 119 Å². The van der Waals surface area contributed by atoms with Crippen LogP contribution < -0.4 is 5.19 Å². The monoisotopic (exact) mass is 927 g/mol. The van der Waals surface area contributed by atoms with Gasteiger partial charge in [-0.15, -0.1) is 59.1 Å². The maximum atomic E-state index is 8.10. The molecule has 0 fully saturated rings. The van der Waals surface area contributed by atoms with Crippen LogP contribution >= 0.6 is 0 Å². The number of furan rings is 1. The molecule has 0 N–H and O–H groups in total. The average Bonchev–Trinajstić information content (AvgIpc) is 3.59. The van der Waals surface area contributed by atoms with Crippen molar-refractivity contribution in [2.45, 2.75) is 59.2 Å². The Hall–Kier alpha value is -5.51. The summed E-state index contributed by atoms with van der Waals surface area (Å²) in [7, 11) is -1.51. The number of nitrogens with zero attached hydrogens (tertiary/aromatic N) is 4. The standard InChI is InChI=1S/C35H28N3O.C14H16NSi.Ir/c1-21(2)24-10-6-11-25(22(3)4)33(24)23-18-19-37-31(20-23)29-15-8-13-27-26-12-7-14-28(34(26)39-35(27)29)30-16-9-17-32(36-5)38-30;1-16(2,3)13-9-10-14(15-11-13)12-7-5-4-6-8-12;/h6-14,16-22H,1-4H3;4-7,9-11H,1-3H3;/q2*-1;/i;5D,9D;. The maximum Gasteiger partial charge on any atom is 0.270 e. The summed E-state index contributed by atoms with van der Waals surface area (Å²) in [4.78, 5) is 17.2. The molecule has 0 aliphatic carbocycles. The van der Waals surface area contributed by atoms with Crippen LogP contribution in [0.15, 0.2) is 132 Å². The molecule has 7 heteroatoms. The van der Waals surface area contributed by atoms with Crippen LogP contribution in [0.5, 0.6) is 0 Å². The van der Waals surface area contributed by atoms with Crippen LogP contribution in [0, 0.1) is 18.7 Å². The molecular weight excluding hydrogens is 881 g/mol. The smallest absolute Gasteiger partial charge is 0.270 e. The van der Waals surface area contributed by atoms with Crippen LogP contribution in [0.2, 0.25) is 19.6 Å². The van der Waals surface area contributed by atoms with Gasteiger partial charge in [-0.3, -0.25) is 0 Å². The second-order valence-electron chi connectivity index (χ2n) is 15.2. The molecule has 0 unspecified atom stereocenters. The number of hydrogen-bond donors (Lipinski definition) is 0. The quantitative estimate of drug-likeness (QED) is 0.118. The molecule has 8 rings (SSSR count). The number of para-hydroxylation sites is 1. The number of aromatic nitrogens is 3. The molecule has 0 aliphatic heterocycles. The van der Waals surface area contributed by atoms with E-state index in [9.17, 15) is 0 Å². The summed E-state index contributed by atoms with van der Waals surface area (Å²) in [6, 6.07) is 40.7. The largest absolute Gasteiger partial charge is 0.500 e. The van der Waals surface area contributed by atoms with E-state index in [1.165, 1.54) is 16.7 Å². The van der Waals surface area contributed by atoms with Gasteiger partial charge in [-0.25, -0.2) is 0 Å². The topological polar surface area (TPSA) is 56.2 Å². The Morgan fingerprint density at radius 3 is 2.18 bits per heavy atom.